The number of hydrogen-bond acceptors (Lipinski definition) is 8. The molecule has 2 aromatic rings. The van der Waals surface area contributed by atoms with Gasteiger partial charge in [0.25, 0.3) is 0 Å². The molecule has 2 fully saturated rings. The summed E-state index contributed by atoms with van der Waals surface area (Å²) >= 11 is 3.87. The molecule has 2 N–H and O–H groups in total. The number of carboxylic acids is 2. The molecule has 0 amide bonds. The minimum absolute atomic E-state index is 0.382. The maximum atomic E-state index is 10.6. The molecule has 1 atom stereocenters. The van der Waals surface area contributed by atoms with Crippen LogP contribution >= 0.6 is 23.1 Å². The van der Waals surface area contributed by atoms with Gasteiger partial charge in [-0.2, -0.15) is 26.3 Å². The number of hydrogen-bond donors (Lipinski definition) is 2. The lowest BCUT2D eigenvalue weighted by Crippen LogP contribution is -2.58. The molecule has 4 rings (SSSR count). The van der Waals surface area contributed by atoms with Crippen LogP contribution in [0.1, 0.15) is 22.6 Å². The third-order valence-corrected chi connectivity index (χ3v) is 7.60. The van der Waals surface area contributed by atoms with E-state index in [1.54, 1.807) is 17.5 Å². The van der Waals surface area contributed by atoms with Crippen molar-refractivity contribution in [2.75, 3.05) is 18.8 Å². The summed E-state index contributed by atoms with van der Waals surface area (Å²) in [7, 11) is 0. The second-order valence-corrected chi connectivity index (χ2v) is 10.5. The summed E-state index contributed by atoms with van der Waals surface area (Å²) in [6, 6.07) is 4.04. The smallest absolute Gasteiger partial charge is 0.475 e. The number of thiazole rings is 1. The predicted molar refractivity (Wildman–Crippen MR) is 122 cm³/mol. The summed E-state index contributed by atoms with van der Waals surface area (Å²) in [4.78, 5) is 30.2. The molecule has 0 radical (unpaired) electrons. The van der Waals surface area contributed by atoms with Gasteiger partial charge in [-0.1, -0.05) is 6.07 Å². The largest absolute Gasteiger partial charge is 0.490 e. The third-order valence-electron chi connectivity index (χ3n) is 5.10. The van der Waals surface area contributed by atoms with Crippen molar-refractivity contribution in [1.82, 2.24) is 14.9 Å². The number of likely N-dealkylation sites (tertiary alicyclic amines) is 1. The first kappa shape index (κ1) is 30.8. The van der Waals surface area contributed by atoms with Crippen LogP contribution in [0.3, 0.4) is 0 Å². The highest BCUT2D eigenvalue weighted by Crippen LogP contribution is 2.46. The number of aryl methyl sites for hydroxylation is 1. The quantitative estimate of drug-likeness (QED) is 0.502. The van der Waals surface area contributed by atoms with E-state index in [0.29, 0.717) is 17.5 Å². The van der Waals surface area contributed by atoms with Gasteiger partial charge in [0.05, 0.1) is 23.9 Å². The maximum Gasteiger partial charge on any atom is 0.490 e. The molecule has 0 bridgehead atoms. The number of alkyl halides is 6. The molecule has 4 heterocycles. The first-order valence-electron chi connectivity index (χ1n) is 10.5. The minimum Gasteiger partial charge on any atom is -0.475 e. The van der Waals surface area contributed by atoms with Crippen LogP contribution in [0.25, 0.3) is 0 Å². The van der Waals surface area contributed by atoms with E-state index in [1.165, 1.54) is 30.1 Å². The SMILES string of the molecule is Cc1ncsc1CN1CC2(CC(OCc3cccnc3)CS2)C1.O=C(O)C(F)(F)F.O=C(O)C(F)(F)F. The molecule has 1 spiro atoms. The summed E-state index contributed by atoms with van der Waals surface area (Å²) in [5.41, 5.74) is 4.30. The number of carboxylic acid groups (broad SMARTS) is 2. The van der Waals surface area contributed by atoms with Gasteiger partial charge in [-0.25, -0.2) is 14.6 Å². The molecular weight excluding hydrogens is 552 g/mol. The monoisotopic (exact) mass is 575 g/mol. The number of aromatic nitrogens is 2. The van der Waals surface area contributed by atoms with Gasteiger partial charge in [-0.15, -0.1) is 23.1 Å². The van der Waals surface area contributed by atoms with Crippen LogP contribution in [0.2, 0.25) is 0 Å². The van der Waals surface area contributed by atoms with Gasteiger partial charge in [0.1, 0.15) is 0 Å². The standard InChI is InChI=1S/C17H21N3OS2.2C2HF3O2/c1-13-16(22-12-19-13)7-20-10-17(11-20)5-15(9-23-17)21-8-14-3-2-4-18-6-14;2*3-2(4,5)1(6)7/h2-4,6,12,15H,5,7-11H2,1H3;2*(H,6,7). The van der Waals surface area contributed by atoms with Crippen molar-refractivity contribution in [2.45, 2.75) is 49.7 Å². The first-order chi connectivity index (χ1) is 17.1. The zero-order chi connectivity index (χ0) is 27.9. The minimum atomic E-state index is -5.08. The van der Waals surface area contributed by atoms with E-state index in [0.717, 1.165) is 17.9 Å². The number of carbonyl (C=O) groups is 2. The van der Waals surface area contributed by atoms with E-state index in [1.807, 2.05) is 17.8 Å². The van der Waals surface area contributed by atoms with Crippen molar-refractivity contribution >= 4 is 35.0 Å². The first-order valence-corrected chi connectivity index (χ1v) is 12.3. The van der Waals surface area contributed by atoms with Crippen LogP contribution < -0.4 is 0 Å². The Morgan fingerprint density at radius 2 is 1.76 bits per heavy atom. The Bertz CT molecular complexity index is 1010. The Morgan fingerprint density at radius 3 is 2.22 bits per heavy atom. The molecule has 2 aliphatic rings. The number of thioether (sulfide) groups is 1. The van der Waals surface area contributed by atoms with Crippen molar-refractivity contribution in [1.29, 1.82) is 0 Å². The van der Waals surface area contributed by atoms with Gasteiger partial charge < -0.3 is 14.9 Å². The molecule has 16 heteroatoms. The highest BCUT2D eigenvalue weighted by molar-refractivity contribution is 8.01. The van der Waals surface area contributed by atoms with Crippen molar-refractivity contribution in [3.05, 3.63) is 46.2 Å². The second-order valence-electron chi connectivity index (χ2n) is 8.10. The second kappa shape index (κ2) is 12.9. The number of rotatable bonds is 5. The Balaban J connectivity index is 0.000000286. The summed E-state index contributed by atoms with van der Waals surface area (Å²) < 4.78 is 70.0. The Hall–Kier alpha value is -2.43. The van der Waals surface area contributed by atoms with Gasteiger partial charge in [-0.05, 0) is 25.0 Å². The van der Waals surface area contributed by atoms with Crippen LogP contribution in [0.15, 0.2) is 30.0 Å². The lowest BCUT2D eigenvalue weighted by atomic mass is 9.93. The van der Waals surface area contributed by atoms with E-state index in [-0.39, 0.29) is 0 Å². The average molecular weight is 576 g/mol. The van der Waals surface area contributed by atoms with Gasteiger partial charge in [0, 0.05) is 47.4 Å². The normalized spacial score (nSPS) is 18.7. The molecule has 0 aromatic carbocycles. The lowest BCUT2D eigenvalue weighted by Gasteiger charge is -2.47. The molecular formula is C21H23F6N3O5S2. The molecule has 206 valence electrons. The summed E-state index contributed by atoms with van der Waals surface area (Å²) in [5, 5.41) is 14.2. The van der Waals surface area contributed by atoms with Gasteiger partial charge in [-0.3, -0.25) is 9.88 Å². The zero-order valence-corrected chi connectivity index (χ0v) is 20.9. The summed E-state index contributed by atoms with van der Waals surface area (Å²) in [6.07, 6.45) is -4.92. The highest BCUT2D eigenvalue weighted by atomic mass is 32.2. The third kappa shape index (κ3) is 10.1. The number of nitrogens with zero attached hydrogens (tertiary/aromatic N) is 3. The molecule has 0 saturated carbocycles. The fourth-order valence-electron chi connectivity index (χ4n) is 3.39. The van der Waals surface area contributed by atoms with Crippen LogP contribution in [-0.2, 0) is 27.5 Å². The predicted octanol–water partition coefficient (Wildman–Crippen LogP) is 4.39. The highest BCUT2D eigenvalue weighted by Gasteiger charge is 2.49. The van der Waals surface area contributed by atoms with Crippen LogP contribution in [0, 0.1) is 6.92 Å². The summed E-state index contributed by atoms with van der Waals surface area (Å²) in [6.45, 7) is 6.20. The van der Waals surface area contributed by atoms with Crippen molar-refractivity contribution in [3.8, 4) is 0 Å². The molecule has 1 unspecified atom stereocenters. The number of aliphatic carboxylic acids is 2. The molecule has 8 nitrogen and oxygen atoms in total. The molecule has 0 aliphatic carbocycles. The van der Waals surface area contributed by atoms with Crippen molar-refractivity contribution in [3.63, 3.8) is 0 Å². The van der Waals surface area contributed by atoms with Crippen molar-refractivity contribution < 1.29 is 50.9 Å². The molecule has 2 aromatic heterocycles. The Morgan fingerprint density at radius 1 is 1.16 bits per heavy atom. The van der Waals surface area contributed by atoms with E-state index >= 15 is 0 Å². The number of ether oxygens (including phenoxy) is 1. The van der Waals surface area contributed by atoms with Crippen LogP contribution in [0.5, 0.6) is 0 Å². The number of halogens is 6. The van der Waals surface area contributed by atoms with Crippen LogP contribution in [-0.4, -0.2) is 79.1 Å². The van der Waals surface area contributed by atoms with Crippen molar-refractivity contribution in [2.24, 2.45) is 0 Å². The Kier molecular flexibility index (Phi) is 10.7. The fraction of sp³-hybridized carbons (Fsp3) is 0.524. The topological polar surface area (TPSA) is 113 Å². The summed E-state index contributed by atoms with van der Waals surface area (Å²) in [5.74, 6) is -4.40. The molecule has 2 saturated heterocycles. The Labute approximate surface area is 215 Å². The van der Waals surface area contributed by atoms with Gasteiger partial charge in [0.2, 0.25) is 0 Å². The van der Waals surface area contributed by atoms with E-state index in [9.17, 15) is 26.3 Å². The molecule has 2 aliphatic heterocycles. The van der Waals surface area contributed by atoms with Gasteiger partial charge in [0.15, 0.2) is 0 Å². The van der Waals surface area contributed by atoms with E-state index < -0.39 is 24.3 Å². The van der Waals surface area contributed by atoms with E-state index in [4.69, 9.17) is 24.5 Å². The van der Waals surface area contributed by atoms with E-state index in [2.05, 4.69) is 39.6 Å². The fourth-order valence-corrected chi connectivity index (χ4v) is 5.81. The lowest BCUT2D eigenvalue weighted by molar-refractivity contribution is -0.193. The average Bonchev–Trinajstić information content (AvgIpc) is 3.39. The maximum absolute atomic E-state index is 10.6. The zero-order valence-electron chi connectivity index (χ0n) is 19.3. The number of pyridine rings is 1. The van der Waals surface area contributed by atoms with Crippen LogP contribution in [0.4, 0.5) is 26.3 Å². The van der Waals surface area contributed by atoms with Gasteiger partial charge >= 0.3 is 24.3 Å². The molecule has 37 heavy (non-hydrogen) atoms.